The quantitative estimate of drug-likeness (QED) is 0.832. The summed E-state index contributed by atoms with van der Waals surface area (Å²) in [6.45, 7) is 1.61. The van der Waals surface area contributed by atoms with Crippen molar-refractivity contribution in [2.75, 3.05) is 19.5 Å². The molecule has 1 aliphatic carbocycles. The van der Waals surface area contributed by atoms with Crippen molar-refractivity contribution in [1.82, 2.24) is 0 Å². The van der Waals surface area contributed by atoms with E-state index in [1.165, 1.54) is 31.4 Å². The summed E-state index contributed by atoms with van der Waals surface area (Å²) in [6, 6.07) is 7.73. The van der Waals surface area contributed by atoms with Gasteiger partial charge in [-0.25, -0.2) is 12.8 Å². The van der Waals surface area contributed by atoms with E-state index in [4.69, 9.17) is 4.74 Å². The molecular weight excluding hydrogens is 281 g/mol. The van der Waals surface area contributed by atoms with Crippen LogP contribution in [-0.2, 0) is 14.6 Å². The lowest BCUT2D eigenvalue weighted by molar-refractivity contribution is 0.162. The number of sulfone groups is 1. The van der Waals surface area contributed by atoms with Gasteiger partial charge in [0.2, 0.25) is 0 Å². The Morgan fingerprint density at radius 2 is 2.00 bits per heavy atom. The normalized spacial score (nSPS) is 28.9. The average Bonchev–Trinajstić information content (AvgIpc) is 3.10. The molecule has 4 nitrogen and oxygen atoms in total. The zero-order chi connectivity index (χ0) is 15.0. The summed E-state index contributed by atoms with van der Waals surface area (Å²) < 4.78 is 42.4. The van der Waals surface area contributed by atoms with E-state index in [9.17, 15) is 18.1 Å². The van der Waals surface area contributed by atoms with Gasteiger partial charge in [0, 0.05) is 18.8 Å². The minimum atomic E-state index is -3.37. The number of hydrogen-bond acceptors (Lipinski definition) is 4. The molecule has 1 fully saturated rings. The van der Waals surface area contributed by atoms with Crippen molar-refractivity contribution >= 4 is 9.84 Å². The van der Waals surface area contributed by atoms with E-state index in [1.807, 2.05) is 0 Å². The van der Waals surface area contributed by atoms with Gasteiger partial charge < -0.3 is 4.74 Å². The fourth-order valence-electron chi connectivity index (χ4n) is 2.83. The summed E-state index contributed by atoms with van der Waals surface area (Å²) in [7, 11) is -1.93. The second kappa shape index (κ2) is 5.15. The van der Waals surface area contributed by atoms with E-state index in [-0.39, 0.29) is 12.4 Å². The molecule has 1 aromatic rings. The maximum Gasteiger partial charge on any atom is 0.155 e. The van der Waals surface area contributed by atoms with Gasteiger partial charge in [-0.1, -0.05) is 19.1 Å². The molecule has 6 heteroatoms. The van der Waals surface area contributed by atoms with Crippen molar-refractivity contribution in [2.24, 2.45) is 5.41 Å². The number of rotatable bonds is 5. The average molecular weight is 297 g/mol. The van der Waals surface area contributed by atoms with Crippen LogP contribution in [-0.4, -0.2) is 33.1 Å². The molecule has 0 spiro atoms. The Morgan fingerprint density at radius 1 is 1.40 bits per heavy atom. The van der Waals surface area contributed by atoms with Gasteiger partial charge >= 0.3 is 0 Å². The van der Waals surface area contributed by atoms with Crippen molar-refractivity contribution < 1.29 is 17.5 Å². The number of nitriles is 1. The topological polar surface area (TPSA) is 67.2 Å². The first kappa shape index (κ1) is 14.9. The molecule has 0 heterocycles. The second-order valence-corrected chi connectivity index (χ2v) is 7.40. The predicted octanol–water partition coefficient (Wildman–Crippen LogP) is 1.88. The van der Waals surface area contributed by atoms with Crippen LogP contribution in [0, 0.1) is 22.6 Å². The maximum absolute atomic E-state index is 13.0. The van der Waals surface area contributed by atoms with Crippen molar-refractivity contribution in [3.8, 4) is 6.07 Å². The van der Waals surface area contributed by atoms with Gasteiger partial charge in [0.1, 0.15) is 11.2 Å². The number of hydrogen-bond donors (Lipinski definition) is 0. The minimum Gasteiger partial charge on any atom is -0.383 e. The van der Waals surface area contributed by atoms with Gasteiger partial charge in [-0.15, -0.1) is 0 Å². The Bertz CT molecular complexity index is 635. The molecule has 108 valence electrons. The molecular formula is C14H16FNO3S. The fraction of sp³-hybridized carbons (Fsp3) is 0.500. The van der Waals surface area contributed by atoms with Crippen molar-refractivity contribution in [3.63, 3.8) is 0 Å². The van der Waals surface area contributed by atoms with Crippen LogP contribution in [0.3, 0.4) is 0 Å². The Hall–Kier alpha value is -1.45. The van der Waals surface area contributed by atoms with Gasteiger partial charge in [0.15, 0.2) is 9.84 Å². The molecule has 0 aliphatic heterocycles. The van der Waals surface area contributed by atoms with Crippen LogP contribution in [0.5, 0.6) is 0 Å². The summed E-state index contributed by atoms with van der Waals surface area (Å²) in [6.07, 6.45) is 0. The monoisotopic (exact) mass is 297 g/mol. The molecule has 0 radical (unpaired) electrons. The summed E-state index contributed by atoms with van der Waals surface area (Å²) in [5.74, 6) is -0.876. The molecule has 0 N–H and O–H groups in total. The van der Waals surface area contributed by atoms with Crippen LogP contribution in [0.4, 0.5) is 4.39 Å². The predicted molar refractivity (Wildman–Crippen MR) is 72.3 cm³/mol. The molecule has 20 heavy (non-hydrogen) atoms. The molecule has 0 saturated heterocycles. The SMILES string of the molecule is CCS(=O)(=O)[C@H]1[C@@H](c2ccc(F)cc2)[C@@]1(C#N)COC. The summed E-state index contributed by atoms with van der Waals surface area (Å²) in [5.41, 5.74) is -0.409. The van der Waals surface area contributed by atoms with Crippen molar-refractivity contribution in [2.45, 2.75) is 18.1 Å². The van der Waals surface area contributed by atoms with Gasteiger partial charge in [-0.2, -0.15) is 5.26 Å². The molecule has 0 aromatic heterocycles. The molecule has 3 atom stereocenters. The number of benzene rings is 1. The lowest BCUT2D eigenvalue weighted by atomic mass is 10.0. The molecule has 0 bridgehead atoms. The molecule has 0 unspecified atom stereocenters. The highest BCUT2D eigenvalue weighted by atomic mass is 32.2. The molecule has 2 rings (SSSR count). The van der Waals surface area contributed by atoms with Crippen molar-refractivity contribution in [3.05, 3.63) is 35.6 Å². The molecule has 1 saturated carbocycles. The summed E-state index contributed by atoms with van der Waals surface area (Å²) in [5, 5.41) is 8.65. The summed E-state index contributed by atoms with van der Waals surface area (Å²) in [4.78, 5) is 0. The first-order valence-electron chi connectivity index (χ1n) is 6.30. The first-order chi connectivity index (χ1) is 9.43. The van der Waals surface area contributed by atoms with Crippen LogP contribution in [0.2, 0.25) is 0 Å². The van der Waals surface area contributed by atoms with E-state index in [0.717, 1.165) is 0 Å². The second-order valence-electron chi connectivity index (χ2n) is 4.99. The first-order valence-corrected chi connectivity index (χ1v) is 8.01. The number of ether oxygens (including phenoxy) is 1. The zero-order valence-corrected chi connectivity index (χ0v) is 12.2. The Kier molecular flexibility index (Phi) is 3.85. The Balaban J connectivity index is 2.45. The number of nitrogens with zero attached hydrogens (tertiary/aromatic N) is 1. The zero-order valence-electron chi connectivity index (χ0n) is 11.3. The third-order valence-electron chi connectivity index (χ3n) is 3.87. The van der Waals surface area contributed by atoms with Crippen LogP contribution < -0.4 is 0 Å². The van der Waals surface area contributed by atoms with E-state index in [2.05, 4.69) is 6.07 Å². The van der Waals surface area contributed by atoms with Crippen LogP contribution in [0.25, 0.3) is 0 Å². The van der Waals surface area contributed by atoms with E-state index < -0.39 is 32.2 Å². The standard InChI is InChI=1S/C14H16FNO3S/c1-3-20(17,18)13-12(14(13,8-16)9-19-2)10-4-6-11(15)7-5-10/h4-7,12-13H,3,9H2,1-2H3/t12-,13+,14-/m1/s1. The van der Waals surface area contributed by atoms with Crippen LogP contribution in [0.1, 0.15) is 18.4 Å². The lowest BCUT2D eigenvalue weighted by Gasteiger charge is -2.07. The highest BCUT2D eigenvalue weighted by Crippen LogP contribution is 2.62. The van der Waals surface area contributed by atoms with Crippen LogP contribution >= 0.6 is 0 Å². The highest BCUT2D eigenvalue weighted by Gasteiger charge is 2.71. The largest absolute Gasteiger partial charge is 0.383 e. The Labute approximate surface area is 118 Å². The minimum absolute atomic E-state index is 0.0253. The molecule has 0 amide bonds. The Morgan fingerprint density at radius 3 is 2.45 bits per heavy atom. The lowest BCUT2D eigenvalue weighted by Crippen LogP contribution is -2.20. The van der Waals surface area contributed by atoms with Crippen LogP contribution in [0.15, 0.2) is 24.3 Å². The highest BCUT2D eigenvalue weighted by molar-refractivity contribution is 7.92. The van der Waals surface area contributed by atoms with Gasteiger partial charge in [0.25, 0.3) is 0 Å². The summed E-state index contributed by atoms with van der Waals surface area (Å²) >= 11 is 0. The van der Waals surface area contributed by atoms with Gasteiger partial charge in [-0.05, 0) is 17.7 Å². The smallest absolute Gasteiger partial charge is 0.155 e. The molecule has 1 aliphatic rings. The van der Waals surface area contributed by atoms with E-state index in [0.29, 0.717) is 5.56 Å². The van der Waals surface area contributed by atoms with Crippen molar-refractivity contribution in [1.29, 1.82) is 5.26 Å². The maximum atomic E-state index is 13.0. The van der Waals surface area contributed by atoms with Gasteiger partial charge in [0.05, 0.1) is 17.9 Å². The van der Waals surface area contributed by atoms with E-state index >= 15 is 0 Å². The number of halogens is 1. The van der Waals surface area contributed by atoms with Gasteiger partial charge in [-0.3, -0.25) is 0 Å². The van der Waals surface area contributed by atoms with E-state index in [1.54, 1.807) is 6.92 Å². The fourth-order valence-corrected chi connectivity index (χ4v) is 4.83. The number of methoxy groups -OCH3 is 1. The molecule has 1 aromatic carbocycles. The third kappa shape index (κ3) is 2.21. The third-order valence-corrected chi connectivity index (χ3v) is 6.14.